The van der Waals surface area contributed by atoms with Gasteiger partial charge in [-0.25, -0.2) is 0 Å². The van der Waals surface area contributed by atoms with Gasteiger partial charge in [-0.3, -0.25) is 5.41 Å². The Kier molecular flexibility index (Phi) is 4.39. The number of unbranched alkanes of at least 4 members (excludes halogenated alkanes) is 1. The topological polar surface area (TPSA) is 75.7 Å². The Morgan fingerprint density at radius 1 is 1.64 bits per heavy atom. The lowest BCUT2D eigenvalue weighted by Crippen LogP contribution is -2.13. The molecule has 0 bridgehead atoms. The van der Waals surface area contributed by atoms with Gasteiger partial charge in [0.2, 0.25) is 0 Å². The van der Waals surface area contributed by atoms with Crippen LogP contribution in [0, 0.1) is 5.41 Å². The van der Waals surface area contributed by atoms with Crippen LogP contribution in [-0.2, 0) is 0 Å². The summed E-state index contributed by atoms with van der Waals surface area (Å²) in [5.41, 5.74) is 6.10. The van der Waals surface area contributed by atoms with Crippen molar-refractivity contribution in [2.45, 2.75) is 24.8 Å². The second kappa shape index (κ2) is 5.59. The molecule has 76 valence electrons. The van der Waals surface area contributed by atoms with Crippen LogP contribution in [0.5, 0.6) is 0 Å². The molecular formula is C9H14N4S. The van der Waals surface area contributed by atoms with Crippen molar-refractivity contribution in [2.24, 2.45) is 5.73 Å². The van der Waals surface area contributed by atoms with Gasteiger partial charge in [-0.05, 0) is 18.2 Å². The molecule has 0 atom stereocenters. The molecule has 0 unspecified atom stereocenters. The number of nitrogen functional groups attached to an aromatic ring is 1. The van der Waals surface area contributed by atoms with E-state index in [9.17, 15) is 0 Å². The molecule has 0 aliphatic rings. The SMILES string of the molecule is CCCCSc1nnccc1C(=N)N. The first-order chi connectivity index (χ1) is 6.75. The van der Waals surface area contributed by atoms with E-state index in [2.05, 4.69) is 17.1 Å². The predicted molar refractivity (Wildman–Crippen MR) is 58.7 cm³/mol. The van der Waals surface area contributed by atoms with E-state index in [1.165, 1.54) is 0 Å². The number of rotatable bonds is 5. The average Bonchev–Trinajstić information content (AvgIpc) is 2.19. The lowest BCUT2D eigenvalue weighted by atomic mass is 10.3. The third kappa shape index (κ3) is 2.99. The maximum absolute atomic E-state index is 7.35. The Morgan fingerprint density at radius 2 is 2.43 bits per heavy atom. The van der Waals surface area contributed by atoms with Gasteiger partial charge in [0.1, 0.15) is 10.9 Å². The fourth-order valence-electron chi connectivity index (χ4n) is 0.944. The van der Waals surface area contributed by atoms with E-state index in [0.29, 0.717) is 5.56 Å². The molecular weight excluding hydrogens is 196 g/mol. The second-order valence-corrected chi connectivity index (χ2v) is 3.95. The molecule has 3 N–H and O–H groups in total. The number of thioether (sulfide) groups is 1. The summed E-state index contributed by atoms with van der Waals surface area (Å²) in [4.78, 5) is 0. The molecule has 1 rings (SSSR count). The van der Waals surface area contributed by atoms with Gasteiger partial charge in [0.25, 0.3) is 0 Å². The van der Waals surface area contributed by atoms with Crippen molar-refractivity contribution in [3.63, 3.8) is 0 Å². The second-order valence-electron chi connectivity index (χ2n) is 2.87. The molecule has 5 heteroatoms. The predicted octanol–water partition coefficient (Wildman–Crippen LogP) is 1.65. The summed E-state index contributed by atoms with van der Waals surface area (Å²) in [5.74, 6) is 1.05. The summed E-state index contributed by atoms with van der Waals surface area (Å²) >= 11 is 1.61. The Morgan fingerprint density at radius 3 is 3.07 bits per heavy atom. The fourth-order valence-corrected chi connectivity index (χ4v) is 2.01. The van der Waals surface area contributed by atoms with Crippen LogP contribution in [0.3, 0.4) is 0 Å². The molecule has 1 aromatic rings. The molecule has 1 aromatic heterocycles. The van der Waals surface area contributed by atoms with Crippen LogP contribution in [0.1, 0.15) is 25.3 Å². The van der Waals surface area contributed by atoms with Crippen molar-refractivity contribution in [1.82, 2.24) is 10.2 Å². The van der Waals surface area contributed by atoms with Crippen molar-refractivity contribution in [2.75, 3.05) is 5.75 Å². The molecule has 0 aromatic carbocycles. The summed E-state index contributed by atoms with van der Waals surface area (Å²) in [6.45, 7) is 2.14. The van der Waals surface area contributed by atoms with Gasteiger partial charge < -0.3 is 5.73 Å². The molecule has 1 heterocycles. The number of nitrogens with zero attached hydrogens (tertiary/aromatic N) is 2. The molecule has 0 fully saturated rings. The monoisotopic (exact) mass is 210 g/mol. The normalized spacial score (nSPS) is 10.1. The summed E-state index contributed by atoms with van der Waals surface area (Å²) in [7, 11) is 0. The van der Waals surface area contributed by atoms with Crippen LogP contribution >= 0.6 is 11.8 Å². The fraction of sp³-hybridized carbons (Fsp3) is 0.444. The number of hydrogen-bond acceptors (Lipinski definition) is 4. The van der Waals surface area contributed by atoms with Gasteiger partial charge in [-0.1, -0.05) is 13.3 Å². The number of nitrogens with one attached hydrogen (secondary N) is 1. The highest BCUT2D eigenvalue weighted by Crippen LogP contribution is 2.19. The van der Waals surface area contributed by atoms with Crippen LogP contribution in [-0.4, -0.2) is 21.8 Å². The van der Waals surface area contributed by atoms with Crippen molar-refractivity contribution < 1.29 is 0 Å². The minimum absolute atomic E-state index is 0.0545. The molecule has 14 heavy (non-hydrogen) atoms. The Balaban J connectivity index is 2.69. The van der Waals surface area contributed by atoms with E-state index in [1.54, 1.807) is 24.0 Å². The first kappa shape index (κ1) is 11.0. The molecule has 0 aliphatic heterocycles. The zero-order valence-corrected chi connectivity index (χ0v) is 8.97. The van der Waals surface area contributed by atoms with E-state index in [-0.39, 0.29) is 5.84 Å². The Hall–Kier alpha value is -1.10. The standard InChI is InChI=1S/C9H14N4S/c1-2-3-6-14-9-7(8(10)11)4-5-12-13-9/h4-5H,2-3,6H2,1H3,(H3,10,11). The molecule has 0 saturated heterocycles. The van der Waals surface area contributed by atoms with Crippen LogP contribution in [0.15, 0.2) is 17.3 Å². The molecule has 0 spiro atoms. The number of amidine groups is 1. The van der Waals surface area contributed by atoms with Crippen LogP contribution in [0.4, 0.5) is 0 Å². The number of hydrogen-bond donors (Lipinski definition) is 2. The van der Waals surface area contributed by atoms with Crippen molar-refractivity contribution in [1.29, 1.82) is 5.41 Å². The minimum Gasteiger partial charge on any atom is -0.384 e. The van der Waals surface area contributed by atoms with Gasteiger partial charge in [-0.15, -0.1) is 16.9 Å². The highest BCUT2D eigenvalue weighted by Gasteiger charge is 2.06. The van der Waals surface area contributed by atoms with Crippen LogP contribution in [0.2, 0.25) is 0 Å². The molecule has 0 aliphatic carbocycles. The zero-order valence-electron chi connectivity index (χ0n) is 8.16. The van der Waals surface area contributed by atoms with Gasteiger partial charge in [0.05, 0.1) is 11.8 Å². The molecule has 0 amide bonds. The van der Waals surface area contributed by atoms with Gasteiger partial charge in [-0.2, -0.15) is 5.10 Å². The molecule has 4 nitrogen and oxygen atoms in total. The summed E-state index contributed by atoms with van der Waals surface area (Å²) in [5, 5.41) is 15.9. The molecule has 0 radical (unpaired) electrons. The van der Waals surface area contributed by atoms with E-state index in [0.717, 1.165) is 23.6 Å². The van der Waals surface area contributed by atoms with E-state index >= 15 is 0 Å². The maximum Gasteiger partial charge on any atom is 0.130 e. The largest absolute Gasteiger partial charge is 0.384 e. The van der Waals surface area contributed by atoms with Gasteiger partial charge >= 0.3 is 0 Å². The van der Waals surface area contributed by atoms with E-state index in [1.807, 2.05) is 0 Å². The Labute approximate surface area is 87.8 Å². The first-order valence-electron chi connectivity index (χ1n) is 4.54. The van der Waals surface area contributed by atoms with Crippen LogP contribution in [0.25, 0.3) is 0 Å². The maximum atomic E-state index is 7.35. The lowest BCUT2D eigenvalue weighted by molar-refractivity contribution is 0.884. The first-order valence-corrected chi connectivity index (χ1v) is 5.53. The smallest absolute Gasteiger partial charge is 0.130 e. The summed E-state index contributed by atoms with van der Waals surface area (Å²) in [6, 6.07) is 1.73. The lowest BCUT2D eigenvalue weighted by Gasteiger charge is -2.04. The zero-order chi connectivity index (χ0) is 10.4. The number of nitrogens with two attached hydrogens (primary N) is 1. The van der Waals surface area contributed by atoms with Crippen molar-refractivity contribution in [3.05, 3.63) is 17.8 Å². The summed E-state index contributed by atoms with van der Waals surface area (Å²) < 4.78 is 0. The highest BCUT2D eigenvalue weighted by molar-refractivity contribution is 7.99. The highest BCUT2D eigenvalue weighted by atomic mass is 32.2. The minimum atomic E-state index is 0.0545. The van der Waals surface area contributed by atoms with Crippen molar-refractivity contribution in [3.8, 4) is 0 Å². The van der Waals surface area contributed by atoms with Crippen LogP contribution < -0.4 is 5.73 Å². The number of aromatic nitrogens is 2. The Bertz CT molecular complexity index is 313. The van der Waals surface area contributed by atoms with E-state index in [4.69, 9.17) is 11.1 Å². The summed E-state index contributed by atoms with van der Waals surface area (Å²) in [6.07, 6.45) is 3.85. The van der Waals surface area contributed by atoms with Gasteiger partial charge in [0.15, 0.2) is 0 Å². The van der Waals surface area contributed by atoms with Crippen molar-refractivity contribution >= 4 is 17.6 Å². The molecule has 0 saturated carbocycles. The van der Waals surface area contributed by atoms with E-state index < -0.39 is 0 Å². The quantitative estimate of drug-likeness (QED) is 0.335. The average molecular weight is 210 g/mol. The van der Waals surface area contributed by atoms with Gasteiger partial charge in [0, 0.05) is 0 Å². The third-order valence-electron chi connectivity index (χ3n) is 1.71. The third-order valence-corrected chi connectivity index (χ3v) is 2.78.